The van der Waals surface area contributed by atoms with Crippen molar-refractivity contribution in [2.24, 2.45) is 5.92 Å². The van der Waals surface area contributed by atoms with Crippen LogP contribution in [0.5, 0.6) is 0 Å². The van der Waals surface area contributed by atoms with Crippen molar-refractivity contribution >= 4 is 11.6 Å². The third kappa shape index (κ3) is 4.23. The number of hydrogen-bond acceptors (Lipinski definition) is 3. The topological polar surface area (TPSA) is 54.0 Å². The predicted octanol–water partition coefficient (Wildman–Crippen LogP) is 2.82. The van der Waals surface area contributed by atoms with E-state index in [0.717, 1.165) is 24.6 Å². The molecule has 104 valence electrons. The van der Waals surface area contributed by atoms with E-state index < -0.39 is 0 Å². The van der Waals surface area contributed by atoms with Crippen LogP contribution in [0.3, 0.4) is 0 Å². The summed E-state index contributed by atoms with van der Waals surface area (Å²) in [5.74, 6) is 0.721. The first kappa shape index (κ1) is 13.8. The van der Waals surface area contributed by atoms with Gasteiger partial charge in [0.1, 0.15) is 5.69 Å². The number of hydrogen-bond donors (Lipinski definition) is 2. The number of carbonyl (C=O) groups is 1. The van der Waals surface area contributed by atoms with Gasteiger partial charge >= 0.3 is 0 Å². The van der Waals surface area contributed by atoms with Crippen molar-refractivity contribution in [1.29, 1.82) is 0 Å². The molecule has 19 heavy (non-hydrogen) atoms. The van der Waals surface area contributed by atoms with Crippen molar-refractivity contribution < 1.29 is 4.79 Å². The molecule has 0 unspecified atom stereocenters. The molecule has 0 bridgehead atoms. The quantitative estimate of drug-likeness (QED) is 0.857. The van der Waals surface area contributed by atoms with E-state index in [1.54, 1.807) is 12.3 Å². The van der Waals surface area contributed by atoms with Crippen molar-refractivity contribution in [1.82, 2.24) is 10.3 Å². The maximum atomic E-state index is 12.0. The summed E-state index contributed by atoms with van der Waals surface area (Å²) in [6, 6.07) is 3.62. The van der Waals surface area contributed by atoms with Gasteiger partial charge in [0.25, 0.3) is 5.91 Å². The molecule has 0 aromatic carbocycles. The maximum absolute atomic E-state index is 12.0. The van der Waals surface area contributed by atoms with Crippen LogP contribution < -0.4 is 10.6 Å². The minimum absolute atomic E-state index is 0.0760. The maximum Gasteiger partial charge on any atom is 0.269 e. The van der Waals surface area contributed by atoms with Gasteiger partial charge in [-0.2, -0.15) is 0 Å². The minimum Gasteiger partial charge on any atom is -0.388 e. The van der Waals surface area contributed by atoms with E-state index >= 15 is 0 Å². The van der Waals surface area contributed by atoms with Crippen molar-refractivity contribution in [3.05, 3.63) is 24.0 Å². The summed E-state index contributed by atoms with van der Waals surface area (Å²) in [6.45, 7) is 0.759. The fraction of sp³-hybridized carbons (Fsp3) is 0.600. The number of nitrogens with zero attached hydrogens (tertiary/aromatic N) is 1. The molecule has 4 heteroatoms. The molecule has 1 aromatic heterocycles. The lowest BCUT2D eigenvalue weighted by Gasteiger charge is -2.21. The molecule has 0 radical (unpaired) electrons. The van der Waals surface area contributed by atoms with Crippen LogP contribution in [0, 0.1) is 5.92 Å². The van der Waals surface area contributed by atoms with Gasteiger partial charge in [-0.25, -0.2) is 0 Å². The Bertz CT molecular complexity index is 414. The number of aromatic nitrogens is 1. The Morgan fingerprint density at radius 3 is 2.89 bits per heavy atom. The van der Waals surface area contributed by atoms with Crippen LogP contribution in [0.4, 0.5) is 5.69 Å². The average Bonchev–Trinajstić information content (AvgIpc) is 2.48. The van der Waals surface area contributed by atoms with Crippen molar-refractivity contribution in [3.8, 4) is 0 Å². The van der Waals surface area contributed by atoms with E-state index in [1.165, 1.54) is 32.1 Å². The van der Waals surface area contributed by atoms with Crippen LogP contribution in [0.1, 0.15) is 49.0 Å². The highest BCUT2D eigenvalue weighted by Gasteiger charge is 2.14. The zero-order valence-electron chi connectivity index (χ0n) is 11.6. The predicted molar refractivity (Wildman–Crippen MR) is 77.3 cm³/mol. The summed E-state index contributed by atoms with van der Waals surface area (Å²) in [4.78, 5) is 16.1. The Hall–Kier alpha value is -1.58. The number of rotatable bonds is 5. The van der Waals surface area contributed by atoms with Crippen LogP contribution in [-0.4, -0.2) is 24.5 Å². The first-order chi connectivity index (χ1) is 9.29. The van der Waals surface area contributed by atoms with Crippen molar-refractivity contribution in [2.75, 3.05) is 18.9 Å². The third-order valence-electron chi connectivity index (χ3n) is 3.84. The molecular formula is C15H23N3O. The SMILES string of the molecule is CNc1ccnc(C(=O)NCCC2CCCCC2)c1. The fourth-order valence-electron chi connectivity index (χ4n) is 2.67. The molecule has 1 aromatic rings. The van der Waals surface area contributed by atoms with E-state index in [-0.39, 0.29) is 5.91 Å². The molecule has 1 aliphatic rings. The van der Waals surface area contributed by atoms with Gasteiger partial charge in [0.05, 0.1) is 0 Å². The van der Waals surface area contributed by atoms with Crippen LogP contribution in [0.15, 0.2) is 18.3 Å². The Labute approximate surface area is 115 Å². The molecular weight excluding hydrogens is 238 g/mol. The highest BCUT2D eigenvalue weighted by Crippen LogP contribution is 2.25. The zero-order valence-corrected chi connectivity index (χ0v) is 11.6. The molecule has 2 rings (SSSR count). The van der Waals surface area contributed by atoms with Gasteiger partial charge in [-0.3, -0.25) is 9.78 Å². The van der Waals surface area contributed by atoms with Gasteiger partial charge in [-0.05, 0) is 24.5 Å². The van der Waals surface area contributed by atoms with Gasteiger partial charge < -0.3 is 10.6 Å². The number of amides is 1. The van der Waals surface area contributed by atoms with E-state index in [9.17, 15) is 4.79 Å². The van der Waals surface area contributed by atoms with Crippen LogP contribution >= 0.6 is 0 Å². The molecule has 1 amide bonds. The molecule has 0 atom stereocenters. The second-order valence-corrected chi connectivity index (χ2v) is 5.23. The second kappa shape index (κ2) is 7.12. The number of nitrogens with one attached hydrogen (secondary N) is 2. The first-order valence-electron chi connectivity index (χ1n) is 7.21. The van der Waals surface area contributed by atoms with Crippen LogP contribution in [-0.2, 0) is 0 Å². The summed E-state index contributed by atoms with van der Waals surface area (Å²) < 4.78 is 0. The van der Waals surface area contributed by atoms with Crippen LogP contribution in [0.2, 0.25) is 0 Å². The second-order valence-electron chi connectivity index (χ2n) is 5.23. The highest BCUT2D eigenvalue weighted by atomic mass is 16.1. The van der Waals surface area contributed by atoms with Gasteiger partial charge in [0.2, 0.25) is 0 Å². The van der Waals surface area contributed by atoms with Gasteiger partial charge in [0.15, 0.2) is 0 Å². The standard InChI is InChI=1S/C15H23N3O/c1-16-13-8-10-17-14(11-13)15(19)18-9-7-12-5-3-2-4-6-12/h8,10-12H,2-7,9H2,1H3,(H,16,17)(H,18,19). The summed E-state index contributed by atoms with van der Waals surface area (Å²) in [7, 11) is 1.83. The number of carbonyl (C=O) groups excluding carboxylic acids is 1. The molecule has 0 saturated heterocycles. The molecule has 0 aliphatic heterocycles. The van der Waals surface area contributed by atoms with E-state index in [1.807, 2.05) is 13.1 Å². The monoisotopic (exact) mass is 261 g/mol. The first-order valence-corrected chi connectivity index (χ1v) is 7.21. The minimum atomic E-state index is -0.0760. The summed E-state index contributed by atoms with van der Waals surface area (Å²) in [6.07, 6.45) is 9.48. The third-order valence-corrected chi connectivity index (χ3v) is 3.84. The molecule has 1 saturated carbocycles. The van der Waals surface area contributed by atoms with E-state index in [0.29, 0.717) is 5.69 Å². The Morgan fingerprint density at radius 2 is 2.16 bits per heavy atom. The molecule has 1 fully saturated rings. The lowest BCUT2D eigenvalue weighted by Crippen LogP contribution is -2.27. The largest absolute Gasteiger partial charge is 0.388 e. The molecule has 0 spiro atoms. The smallest absolute Gasteiger partial charge is 0.269 e. The Morgan fingerprint density at radius 1 is 1.37 bits per heavy atom. The summed E-state index contributed by atoms with van der Waals surface area (Å²) in [5.41, 5.74) is 1.39. The lowest BCUT2D eigenvalue weighted by atomic mass is 9.87. The molecule has 2 N–H and O–H groups in total. The zero-order chi connectivity index (χ0) is 13.5. The number of anilines is 1. The fourth-order valence-corrected chi connectivity index (χ4v) is 2.67. The molecule has 1 aliphatic carbocycles. The van der Waals surface area contributed by atoms with Crippen molar-refractivity contribution in [3.63, 3.8) is 0 Å². The highest BCUT2D eigenvalue weighted by molar-refractivity contribution is 5.93. The van der Waals surface area contributed by atoms with Gasteiger partial charge in [0, 0.05) is 25.5 Å². The van der Waals surface area contributed by atoms with Crippen molar-refractivity contribution in [2.45, 2.75) is 38.5 Å². The van der Waals surface area contributed by atoms with E-state index in [2.05, 4.69) is 15.6 Å². The molecule has 1 heterocycles. The van der Waals surface area contributed by atoms with Gasteiger partial charge in [-0.1, -0.05) is 32.1 Å². The van der Waals surface area contributed by atoms with Crippen LogP contribution in [0.25, 0.3) is 0 Å². The Kier molecular flexibility index (Phi) is 5.19. The Balaban J connectivity index is 1.77. The normalized spacial score (nSPS) is 16.1. The molecule has 4 nitrogen and oxygen atoms in total. The average molecular weight is 261 g/mol. The van der Waals surface area contributed by atoms with E-state index in [4.69, 9.17) is 0 Å². The summed E-state index contributed by atoms with van der Waals surface area (Å²) >= 11 is 0. The lowest BCUT2D eigenvalue weighted by molar-refractivity contribution is 0.0945. The number of pyridine rings is 1. The summed E-state index contributed by atoms with van der Waals surface area (Å²) in [5, 5.41) is 5.98. The van der Waals surface area contributed by atoms with Gasteiger partial charge in [-0.15, -0.1) is 0 Å².